The smallest absolute Gasteiger partial charge is 0.312 e. The average Bonchev–Trinajstić information content (AvgIpc) is 3.17. The number of benzene rings is 1. The number of halogens is 4. The van der Waals surface area contributed by atoms with Gasteiger partial charge in [-0.15, -0.1) is 0 Å². The Balaban J connectivity index is 1.94. The van der Waals surface area contributed by atoms with E-state index in [9.17, 15) is 13.2 Å². The van der Waals surface area contributed by atoms with Crippen LogP contribution in [0.5, 0.6) is 0 Å². The molecule has 1 aliphatic carbocycles. The molecule has 1 unspecified atom stereocenters. The molecule has 1 aliphatic rings. The molecule has 2 N–H and O–H groups in total. The Hall–Kier alpha value is -0.590. The van der Waals surface area contributed by atoms with Crippen LogP contribution in [0.1, 0.15) is 30.9 Å². The lowest BCUT2D eigenvalue weighted by Crippen LogP contribution is -2.37. The number of nitrogens with one attached hydrogen (secondary N) is 2. The molecule has 0 amide bonds. The van der Waals surface area contributed by atoms with Crippen LogP contribution in [-0.2, 0) is 12.7 Å². The van der Waals surface area contributed by atoms with Crippen molar-refractivity contribution in [2.45, 2.75) is 44.6 Å². The zero-order chi connectivity index (χ0) is 14.8. The van der Waals surface area contributed by atoms with Crippen LogP contribution < -0.4 is 10.6 Å². The third-order valence-electron chi connectivity index (χ3n) is 3.31. The molecule has 2 nitrogen and oxygen atoms in total. The molecule has 1 fully saturated rings. The quantitative estimate of drug-likeness (QED) is 0.817. The van der Waals surface area contributed by atoms with Gasteiger partial charge in [-0.05, 0) is 37.5 Å². The van der Waals surface area contributed by atoms with Crippen molar-refractivity contribution in [1.29, 1.82) is 0 Å². The van der Waals surface area contributed by atoms with Crippen molar-refractivity contribution in [3.63, 3.8) is 0 Å². The normalized spacial score (nSPS) is 17.2. The Bertz CT molecular complexity index is 458. The predicted octanol–water partition coefficient (Wildman–Crippen LogP) is 3.70. The largest absolute Gasteiger partial charge is 0.416 e. The first kappa shape index (κ1) is 15.8. The number of rotatable bonds is 6. The Morgan fingerprint density at radius 2 is 2.05 bits per heavy atom. The minimum Gasteiger partial charge on any atom is -0.312 e. The van der Waals surface area contributed by atoms with Gasteiger partial charge in [0.05, 0.1) is 5.56 Å². The van der Waals surface area contributed by atoms with Gasteiger partial charge in [-0.3, -0.25) is 0 Å². The number of hydrogen-bond acceptors (Lipinski definition) is 2. The second-order valence-corrected chi connectivity index (χ2v) is 6.18. The van der Waals surface area contributed by atoms with E-state index in [0.29, 0.717) is 10.5 Å². The van der Waals surface area contributed by atoms with Gasteiger partial charge in [0.25, 0.3) is 0 Å². The highest BCUT2D eigenvalue weighted by Crippen LogP contribution is 2.33. The summed E-state index contributed by atoms with van der Waals surface area (Å²) in [5, 5.41) is 6.49. The molecule has 0 saturated heterocycles. The highest BCUT2D eigenvalue weighted by molar-refractivity contribution is 9.10. The fraction of sp³-hybridized carbons (Fsp3) is 0.571. The maximum absolute atomic E-state index is 13.0. The molecule has 0 bridgehead atoms. The summed E-state index contributed by atoms with van der Waals surface area (Å²) in [6, 6.07) is 5.03. The summed E-state index contributed by atoms with van der Waals surface area (Å²) in [7, 11) is 0. The summed E-state index contributed by atoms with van der Waals surface area (Å²) < 4.78 is 39.3. The molecule has 20 heavy (non-hydrogen) atoms. The van der Waals surface area contributed by atoms with Gasteiger partial charge in [-0.25, -0.2) is 0 Å². The fourth-order valence-electron chi connectivity index (χ4n) is 1.95. The zero-order valence-corrected chi connectivity index (χ0v) is 12.8. The highest BCUT2D eigenvalue weighted by Gasteiger charge is 2.33. The van der Waals surface area contributed by atoms with Gasteiger partial charge in [0.1, 0.15) is 0 Å². The van der Waals surface area contributed by atoms with E-state index >= 15 is 0 Å². The Kier molecular flexibility index (Phi) is 5.09. The monoisotopic (exact) mass is 350 g/mol. The van der Waals surface area contributed by atoms with Crippen LogP contribution in [0.2, 0.25) is 0 Å². The van der Waals surface area contributed by atoms with Gasteiger partial charge < -0.3 is 10.6 Å². The molecule has 1 saturated carbocycles. The molecule has 0 aromatic heterocycles. The van der Waals surface area contributed by atoms with Crippen LogP contribution >= 0.6 is 15.9 Å². The minimum absolute atomic E-state index is 0.139. The van der Waals surface area contributed by atoms with E-state index in [-0.39, 0.29) is 18.2 Å². The molecule has 1 atom stereocenters. The minimum atomic E-state index is -4.32. The summed E-state index contributed by atoms with van der Waals surface area (Å²) in [6.45, 7) is 2.97. The first-order chi connectivity index (χ1) is 9.36. The maximum atomic E-state index is 13.0. The third kappa shape index (κ3) is 4.75. The topological polar surface area (TPSA) is 24.1 Å². The summed E-state index contributed by atoms with van der Waals surface area (Å²) in [6.07, 6.45) is -1.91. The predicted molar refractivity (Wildman–Crippen MR) is 76.5 cm³/mol. The first-order valence-electron chi connectivity index (χ1n) is 6.68. The van der Waals surface area contributed by atoms with E-state index < -0.39 is 11.7 Å². The van der Waals surface area contributed by atoms with Crippen molar-refractivity contribution >= 4 is 15.9 Å². The maximum Gasteiger partial charge on any atom is 0.416 e. The lowest BCUT2D eigenvalue weighted by Gasteiger charge is -2.18. The lowest BCUT2D eigenvalue weighted by molar-refractivity contribution is -0.138. The molecule has 0 heterocycles. The number of alkyl halides is 3. The molecule has 1 aromatic rings. The van der Waals surface area contributed by atoms with Crippen molar-refractivity contribution in [3.8, 4) is 0 Å². The van der Waals surface area contributed by atoms with E-state index in [1.165, 1.54) is 18.9 Å². The van der Waals surface area contributed by atoms with Crippen molar-refractivity contribution < 1.29 is 13.2 Å². The Labute approximate surface area is 125 Å². The van der Waals surface area contributed by atoms with Gasteiger partial charge in [-0.2, -0.15) is 13.2 Å². The van der Waals surface area contributed by atoms with E-state index in [1.807, 2.05) is 6.92 Å². The fourth-order valence-corrected chi connectivity index (χ4v) is 2.32. The van der Waals surface area contributed by atoms with Gasteiger partial charge >= 0.3 is 6.18 Å². The van der Waals surface area contributed by atoms with Crippen LogP contribution in [0.25, 0.3) is 0 Å². The zero-order valence-electron chi connectivity index (χ0n) is 11.2. The number of hydrogen-bond donors (Lipinski definition) is 2. The van der Waals surface area contributed by atoms with E-state index in [0.717, 1.165) is 12.6 Å². The van der Waals surface area contributed by atoms with E-state index in [1.54, 1.807) is 6.07 Å². The van der Waals surface area contributed by atoms with Crippen LogP contribution in [0.4, 0.5) is 13.2 Å². The van der Waals surface area contributed by atoms with Crippen molar-refractivity contribution in [2.24, 2.45) is 0 Å². The van der Waals surface area contributed by atoms with E-state index in [4.69, 9.17) is 0 Å². The molecule has 0 aliphatic heterocycles. The molecular weight excluding hydrogens is 333 g/mol. The van der Waals surface area contributed by atoms with Crippen LogP contribution in [-0.4, -0.2) is 18.6 Å². The van der Waals surface area contributed by atoms with Gasteiger partial charge in [0.2, 0.25) is 0 Å². The van der Waals surface area contributed by atoms with Crippen molar-refractivity contribution in [2.75, 3.05) is 6.54 Å². The molecule has 0 spiro atoms. The van der Waals surface area contributed by atoms with Gasteiger partial charge in [0.15, 0.2) is 0 Å². The van der Waals surface area contributed by atoms with Crippen LogP contribution in [0.15, 0.2) is 22.7 Å². The lowest BCUT2D eigenvalue weighted by atomic mass is 10.1. The molecule has 6 heteroatoms. The Morgan fingerprint density at radius 1 is 1.35 bits per heavy atom. The second kappa shape index (κ2) is 6.45. The summed E-state index contributed by atoms with van der Waals surface area (Å²) in [4.78, 5) is 0. The third-order valence-corrected chi connectivity index (χ3v) is 3.80. The molecule has 1 aromatic carbocycles. The van der Waals surface area contributed by atoms with E-state index in [2.05, 4.69) is 26.6 Å². The first-order valence-corrected chi connectivity index (χ1v) is 7.48. The van der Waals surface area contributed by atoms with Gasteiger partial charge in [-0.1, -0.05) is 22.0 Å². The standard InChI is InChI=1S/C14H18BrF3N2/c1-9(7-20-12-4-5-12)19-8-10-2-3-11(15)6-13(10)14(16,17)18/h2-3,6,9,12,19-20H,4-5,7-8H2,1H3. The summed E-state index contributed by atoms with van der Waals surface area (Å²) >= 11 is 3.09. The summed E-state index contributed by atoms with van der Waals surface area (Å²) in [5.74, 6) is 0. The van der Waals surface area contributed by atoms with Crippen molar-refractivity contribution in [3.05, 3.63) is 33.8 Å². The molecule has 2 rings (SSSR count). The average molecular weight is 351 g/mol. The SMILES string of the molecule is CC(CNC1CC1)NCc1ccc(Br)cc1C(F)(F)F. The van der Waals surface area contributed by atoms with Crippen LogP contribution in [0.3, 0.4) is 0 Å². The summed E-state index contributed by atoms with van der Waals surface area (Å²) in [5.41, 5.74) is -0.305. The highest BCUT2D eigenvalue weighted by atomic mass is 79.9. The molecule has 112 valence electrons. The second-order valence-electron chi connectivity index (χ2n) is 5.26. The van der Waals surface area contributed by atoms with Crippen LogP contribution in [0, 0.1) is 0 Å². The molecular formula is C14H18BrF3N2. The Morgan fingerprint density at radius 3 is 2.65 bits per heavy atom. The molecule has 0 radical (unpaired) electrons. The van der Waals surface area contributed by atoms with Crippen molar-refractivity contribution in [1.82, 2.24) is 10.6 Å². The van der Waals surface area contributed by atoms with Gasteiger partial charge in [0, 0.05) is 29.6 Å².